The summed E-state index contributed by atoms with van der Waals surface area (Å²) in [4.78, 5) is 0. The van der Waals surface area contributed by atoms with Crippen molar-refractivity contribution in [1.82, 2.24) is 15.1 Å². The third-order valence-corrected chi connectivity index (χ3v) is 5.30. The Kier molecular flexibility index (Phi) is 3.10. The van der Waals surface area contributed by atoms with Crippen molar-refractivity contribution in [2.75, 3.05) is 13.1 Å². The molecule has 1 atom stereocenters. The molecule has 1 aromatic heterocycles. The first-order valence-electron chi connectivity index (χ1n) is 7.86. The molecule has 2 aliphatic rings. The summed E-state index contributed by atoms with van der Waals surface area (Å²) in [5.74, 6) is -3.81. The molecule has 2 aromatic rings. The Balaban J connectivity index is 1.66. The van der Waals surface area contributed by atoms with Crippen LogP contribution in [0.25, 0.3) is 5.69 Å². The van der Waals surface area contributed by atoms with Gasteiger partial charge < -0.3 is 5.32 Å². The van der Waals surface area contributed by atoms with Gasteiger partial charge >= 0.3 is 0 Å². The SMILES string of the molecule is Cc1cc(F)ccc1-n1ccc(C2C(F)(F)C23CCNCC3)n1. The molecule has 1 aromatic carbocycles. The van der Waals surface area contributed by atoms with Crippen LogP contribution in [-0.4, -0.2) is 28.8 Å². The minimum absolute atomic E-state index is 0.319. The summed E-state index contributed by atoms with van der Waals surface area (Å²) >= 11 is 0. The van der Waals surface area contributed by atoms with Gasteiger partial charge in [0.1, 0.15) is 5.82 Å². The van der Waals surface area contributed by atoms with Gasteiger partial charge in [0.15, 0.2) is 0 Å². The van der Waals surface area contributed by atoms with Gasteiger partial charge in [-0.15, -0.1) is 0 Å². The smallest absolute Gasteiger partial charge is 0.263 e. The number of halogens is 3. The summed E-state index contributed by atoms with van der Waals surface area (Å²) in [5, 5.41) is 7.51. The van der Waals surface area contributed by atoms with Gasteiger partial charge in [-0.05, 0) is 62.7 Å². The number of aromatic nitrogens is 2. The van der Waals surface area contributed by atoms with Crippen molar-refractivity contribution >= 4 is 0 Å². The highest BCUT2D eigenvalue weighted by Crippen LogP contribution is 2.74. The van der Waals surface area contributed by atoms with E-state index in [0.717, 1.165) is 5.56 Å². The van der Waals surface area contributed by atoms with Crippen LogP contribution in [0.2, 0.25) is 0 Å². The number of nitrogens with one attached hydrogen (secondary N) is 1. The molecule has 2 fully saturated rings. The molecule has 1 saturated carbocycles. The average molecular weight is 321 g/mol. The van der Waals surface area contributed by atoms with Gasteiger partial charge in [0, 0.05) is 6.20 Å². The molecule has 1 aliphatic heterocycles. The van der Waals surface area contributed by atoms with E-state index in [1.165, 1.54) is 12.1 Å². The highest BCUT2D eigenvalue weighted by atomic mass is 19.3. The molecule has 1 unspecified atom stereocenters. The average Bonchev–Trinajstić information content (AvgIpc) is 2.84. The van der Waals surface area contributed by atoms with Crippen molar-refractivity contribution in [3.63, 3.8) is 0 Å². The number of benzene rings is 1. The van der Waals surface area contributed by atoms with E-state index in [-0.39, 0.29) is 5.82 Å². The largest absolute Gasteiger partial charge is 0.317 e. The molecule has 122 valence electrons. The van der Waals surface area contributed by atoms with Gasteiger partial charge in [-0.2, -0.15) is 5.10 Å². The van der Waals surface area contributed by atoms with Crippen molar-refractivity contribution in [3.05, 3.63) is 47.5 Å². The predicted molar refractivity (Wildman–Crippen MR) is 80.5 cm³/mol. The van der Waals surface area contributed by atoms with Crippen LogP contribution in [0, 0.1) is 18.2 Å². The lowest BCUT2D eigenvalue weighted by molar-refractivity contribution is 0.0492. The van der Waals surface area contributed by atoms with E-state index in [2.05, 4.69) is 10.4 Å². The summed E-state index contributed by atoms with van der Waals surface area (Å²) < 4.78 is 43.7. The van der Waals surface area contributed by atoms with Crippen molar-refractivity contribution < 1.29 is 13.2 Å². The van der Waals surface area contributed by atoms with Crippen LogP contribution in [-0.2, 0) is 0 Å². The second kappa shape index (κ2) is 4.84. The highest BCUT2D eigenvalue weighted by Gasteiger charge is 2.80. The Morgan fingerprint density at radius 2 is 1.96 bits per heavy atom. The molecular weight excluding hydrogens is 303 g/mol. The van der Waals surface area contributed by atoms with Crippen LogP contribution in [0.15, 0.2) is 30.5 Å². The van der Waals surface area contributed by atoms with E-state index >= 15 is 0 Å². The van der Waals surface area contributed by atoms with E-state index in [1.807, 2.05) is 0 Å². The fraction of sp³-hybridized carbons (Fsp3) is 0.471. The summed E-state index contributed by atoms with van der Waals surface area (Å²) in [6.45, 7) is 3.04. The van der Waals surface area contributed by atoms with E-state index in [4.69, 9.17) is 0 Å². The zero-order valence-corrected chi connectivity index (χ0v) is 12.8. The maximum atomic E-state index is 14.4. The third kappa shape index (κ3) is 2.04. The molecular formula is C17H18F3N3. The number of nitrogens with zero attached hydrogens (tertiary/aromatic N) is 2. The topological polar surface area (TPSA) is 29.9 Å². The van der Waals surface area contributed by atoms with Crippen LogP contribution in [0.1, 0.15) is 30.0 Å². The molecule has 23 heavy (non-hydrogen) atoms. The maximum absolute atomic E-state index is 14.4. The molecule has 1 aliphatic carbocycles. The third-order valence-electron chi connectivity index (χ3n) is 5.30. The van der Waals surface area contributed by atoms with E-state index in [0.29, 0.717) is 37.3 Å². The number of aryl methyl sites for hydroxylation is 1. The van der Waals surface area contributed by atoms with Crippen molar-refractivity contribution in [2.24, 2.45) is 5.41 Å². The molecule has 0 radical (unpaired) electrons. The minimum atomic E-state index is -2.69. The molecule has 3 nitrogen and oxygen atoms in total. The van der Waals surface area contributed by atoms with Crippen LogP contribution >= 0.6 is 0 Å². The molecule has 0 bridgehead atoms. The number of alkyl halides is 2. The summed E-state index contributed by atoms with van der Waals surface area (Å²) in [5.41, 5.74) is 0.926. The normalized spacial score (nSPS) is 24.8. The van der Waals surface area contributed by atoms with Crippen LogP contribution in [0.5, 0.6) is 0 Å². The van der Waals surface area contributed by atoms with Crippen molar-refractivity contribution in [2.45, 2.75) is 31.6 Å². The second-order valence-corrected chi connectivity index (χ2v) is 6.58. The van der Waals surface area contributed by atoms with Crippen LogP contribution in [0.3, 0.4) is 0 Å². The fourth-order valence-corrected chi connectivity index (χ4v) is 3.97. The lowest BCUT2D eigenvalue weighted by Gasteiger charge is -2.22. The van der Waals surface area contributed by atoms with E-state index < -0.39 is 17.3 Å². The van der Waals surface area contributed by atoms with E-state index in [1.54, 1.807) is 29.9 Å². The van der Waals surface area contributed by atoms with Crippen molar-refractivity contribution in [1.29, 1.82) is 0 Å². The Hall–Kier alpha value is -1.82. The van der Waals surface area contributed by atoms with E-state index in [9.17, 15) is 13.2 Å². The lowest BCUT2D eigenvalue weighted by Crippen LogP contribution is -2.32. The first-order chi connectivity index (χ1) is 11.0. The zero-order chi connectivity index (χ0) is 16.2. The van der Waals surface area contributed by atoms with Gasteiger partial charge in [-0.3, -0.25) is 0 Å². The number of hydrogen-bond acceptors (Lipinski definition) is 2. The zero-order valence-electron chi connectivity index (χ0n) is 12.8. The summed E-state index contributed by atoms with van der Waals surface area (Å²) in [6, 6.07) is 6.05. The fourth-order valence-electron chi connectivity index (χ4n) is 3.97. The monoisotopic (exact) mass is 321 g/mol. The first kappa shape index (κ1) is 14.8. The van der Waals surface area contributed by atoms with Crippen LogP contribution in [0.4, 0.5) is 13.2 Å². The molecule has 4 rings (SSSR count). The predicted octanol–water partition coefficient (Wildman–Crippen LogP) is 3.42. The Morgan fingerprint density at radius 1 is 1.22 bits per heavy atom. The first-order valence-corrected chi connectivity index (χ1v) is 7.86. The molecule has 1 saturated heterocycles. The lowest BCUT2D eigenvalue weighted by atomic mass is 9.91. The summed E-state index contributed by atoms with van der Waals surface area (Å²) in [7, 11) is 0. The second-order valence-electron chi connectivity index (χ2n) is 6.58. The number of piperidine rings is 1. The maximum Gasteiger partial charge on any atom is 0.263 e. The number of hydrogen-bond donors (Lipinski definition) is 1. The van der Waals surface area contributed by atoms with Gasteiger partial charge in [-0.25, -0.2) is 17.9 Å². The molecule has 0 amide bonds. The number of rotatable bonds is 2. The molecule has 1 spiro atoms. The van der Waals surface area contributed by atoms with Gasteiger partial charge in [-0.1, -0.05) is 0 Å². The van der Waals surface area contributed by atoms with Crippen molar-refractivity contribution in [3.8, 4) is 5.69 Å². The minimum Gasteiger partial charge on any atom is -0.317 e. The highest BCUT2D eigenvalue weighted by molar-refractivity contribution is 5.41. The standard InChI is InChI=1S/C17H18F3N3/c1-11-10-12(18)2-3-14(11)23-9-4-13(22-23)15-16(17(15,19)20)5-7-21-8-6-16/h2-4,9-10,15,21H,5-8H2,1H3. The van der Waals surface area contributed by atoms with Gasteiger partial charge in [0.2, 0.25) is 0 Å². The Labute approximate surface area is 132 Å². The summed E-state index contributed by atoms with van der Waals surface area (Å²) in [6.07, 6.45) is 2.64. The van der Waals surface area contributed by atoms with Crippen LogP contribution < -0.4 is 5.32 Å². The van der Waals surface area contributed by atoms with Gasteiger partial charge in [0.05, 0.1) is 22.7 Å². The molecule has 1 N–H and O–H groups in total. The Morgan fingerprint density at radius 3 is 2.65 bits per heavy atom. The van der Waals surface area contributed by atoms with Gasteiger partial charge in [0.25, 0.3) is 5.92 Å². The molecule has 2 heterocycles. The Bertz CT molecular complexity index is 747. The quantitative estimate of drug-likeness (QED) is 0.918. The molecule has 6 heteroatoms.